The van der Waals surface area contributed by atoms with E-state index in [-0.39, 0.29) is 0 Å². The van der Waals surface area contributed by atoms with Gasteiger partial charge >= 0.3 is 0 Å². The molecule has 0 spiro atoms. The lowest BCUT2D eigenvalue weighted by atomic mass is 10.1. The highest BCUT2D eigenvalue weighted by Crippen LogP contribution is 2.31. The minimum Gasteiger partial charge on any atom is -0.489 e. The van der Waals surface area contributed by atoms with Crippen LogP contribution < -0.4 is 4.74 Å². The van der Waals surface area contributed by atoms with Gasteiger partial charge in [-0.3, -0.25) is 0 Å². The summed E-state index contributed by atoms with van der Waals surface area (Å²) in [5, 5.41) is 4.56. The number of aryl methyl sites for hydroxylation is 1. The summed E-state index contributed by atoms with van der Waals surface area (Å²) in [6, 6.07) is 17.4. The molecule has 2 aromatic carbocycles. The first-order valence-electron chi connectivity index (χ1n) is 6.62. The fourth-order valence-electron chi connectivity index (χ4n) is 2.03. The van der Waals surface area contributed by atoms with E-state index in [0.29, 0.717) is 11.6 Å². The number of aromatic nitrogens is 1. The summed E-state index contributed by atoms with van der Waals surface area (Å²) < 4.78 is 10.8. The van der Waals surface area contributed by atoms with E-state index < -0.39 is 0 Å². The van der Waals surface area contributed by atoms with Crippen LogP contribution in [-0.4, -0.2) is 5.16 Å². The second-order valence-electron chi connectivity index (χ2n) is 4.74. The van der Waals surface area contributed by atoms with Gasteiger partial charge in [0.05, 0.1) is 5.02 Å². The van der Waals surface area contributed by atoms with Crippen molar-refractivity contribution in [3.8, 4) is 17.0 Å². The zero-order valence-electron chi connectivity index (χ0n) is 11.5. The van der Waals surface area contributed by atoms with Crippen molar-refractivity contribution in [1.29, 1.82) is 0 Å². The average Bonchev–Trinajstić information content (AvgIpc) is 2.92. The van der Waals surface area contributed by atoms with E-state index in [0.717, 1.165) is 28.3 Å². The highest BCUT2D eigenvalue weighted by atomic mass is 35.5. The summed E-state index contributed by atoms with van der Waals surface area (Å²) >= 11 is 6.29. The topological polar surface area (TPSA) is 35.3 Å². The highest BCUT2D eigenvalue weighted by molar-refractivity contribution is 6.33. The van der Waals surface area contributed by atoms with Crippen molar-refractivity contribution >= 4 is 11.6 Å². The lowest BCUT2D eigenvalue weighted by molar-refractivity contribution is 0.306. The number of ether oxygens (including phenoxy) is 1. The van der Waals surface area contributed by atoms with Crippen LogP contribution >= 0.6 is 11.6 Å². The van der Waals surface area contributed by atoms with Crippen molar-refractivity contribution in [3.05, 3.63) is 70.9 Å². The normalized spacial score (nSPS) is 10.6. The smallest absolute Gasteiger partial charge is 0.134 e. The first-order chi connectivity index (χ1) is 10.2. The molecular weight excluding hydrogens is 286 g/mol. The van der Waals surface area contributed by atoms with Crippen LogP contribution in [0.2, 0.25) is 5.02 Å². The molecule has 0 aliphatic carbocycles. The lowest BCUT2D eigenvalue weighted by Crippen LogP contribution is -1.95. The largest absolute Gasteiger partial charge is 0.489 e. The van der Waals surface area contributed by atoms with E-state index >= 15 is 0 Å². The molecule has 106 valence electrons. The molecule has 0 amide bonds. The van der Waals surface area contributed by atoms with Gasteiger partial charge in [-0.05, 0) is 30.7 Å². The molecule has 21 heavy (non-hydrogen) atoms. The van der Waals surface area contributed by atoms with Gasteiger partial charge in [0.2, 0.25) is 0 Å². The predicted octanol–water partition coefficient (Wildman–Crippen LogP) is 4.88. The van der Waals surface area contributed by atoms with Crippen LogP contribution in [0.3, 0.4) is 0 Å². The van der Waals surface area contributed by atoms with Crippen molar-refractivity contribution < 1.29 is 9.26 Å². The van der Waals surface area contributed by atoms with Crippen LogP contribution in [-0.2, 0) is 6.61 Å². The van der Waals surface area contributed by atoms with Gasteiger partial charge < -0.3 is 9.26 Å². The summed E-state index contributed by atoms with van der Waals surface area (Å²) in [7, 11) is 0. The molecule has 0 N–H and O–H groups in total. The van der Waals surface area contributed by atoms with E-state index in [9.17, 15) is 0 Å². The highest BCUT2D eigenvalue weighted by Gasteiger charge is 2.09. The van der Waals surface area contributed by atoms with Gasteiger partial charge in [0, 0.05) is 11.6 Å². The Labute approximate surface area is 128 Å². The number of hydrogen-bond donors (Lipinski definition) is 0. The van der Waals surface area contributed by atoms with Gasteiger partial charge in [0.25, 0.3) is 0 Å². The first-order valence-corrected chi connectivity index (χ1v) is 7.00. The third-order valence-corrected chi connectivity index (χ3v) is 3.41. The minimum absolute atomic E-state index is 0.513. The molecule has 0 atom stereocenters. The Morgan fingerprint density at radius 3 is 2.57 bits per heavy atom. The van der Waals surface area contributed by atoms with Crippen LogP contribution in [0.1, 0.15) is 11.3 Å². The molecule has 0 radical (unpaired) electrons. The molecule has 0 saturated heterocycles. The van der Waals surface area contributed by atoms with Crippen molar-refractivity contribution in [1.82, 2.24) is 5.16 Å². The monoisotopic (exact) mass is 299 g/mol. The molecular formula is C17H14ClNO2. The Balaban J connectivity index is 1.75. The third kappa shape index (κ3) is 3.26. The maximum atomic E-state index is 6.29. The molecule has 0 unspecified atom stereocenters. The van der Waals surface area contributed by atoms with Gasteiger partial charge in [-0.25, -0.2) is 0 Å². The summed E-state index contributed by atoms with van der Waals surface area (Å²) in [6.45, 7) is 2.36. The molecule has 1 heterocycles. The Morgan fingerprint density at radius 1 is 1.10 bits per heavy atom. The van der Waals surface area contributed by atoms with Crippen LogP contribution in [0.25, 0.3) is 11.3 Å². The fourth-order valence-corrected chi connectivity index (χ4v) is 2.29. The summed E-state index contributed by atoms with van der Waals surface area (Å²) in [5.74, 6) is 1.48. The van der Waals surface area contributed by atoms with E-state index in [1.54, 1.807) is 6.07 Å². The van der Waals surface area contributed by atoms with Gasteiger partial charge in [0.1, 0.15) is 23.8 Å². The summed E-state index contributed by atoms with van der Waals surface area (Å²) in [5.41, 5.74) is 2.68. The lowest BCUT2D eigenvalue weighted by Gasteiger charge is -2.08. The molecule has 0 fully saturated rings. The molecule has 0 aliphatic heterocycles. The van der Waals surface area contributed by atoms with E-state index in [1.165, 1.54) is 0 Å². The number of halogens is 1. The molecule has 3 nitrogen and oxygen atoms in total. The van der Waals surface area contributed by atoms with E-state index in [4.69, 9.17) is 20.9 Å². The maximum Gasteiger partial charge on any atom is 0.134 e. The first kappa shape index (κ1) is 13.7. The van der Waals surface area contributed by atoms with Gasteiger partial charge in [-0.1, -0.05) is 47.1 Å². The molecule has 0 aliphatic rings. The SMILES string of the molecule is Cc1cc(-c2ccc(OCc3ccccc3)cc2Cl)no1. The molecule has 3 aromatic rings. The molecule has 1 aromatic heterocycles. The van der Waals surface area contributed by atoms with Crippen LogP contribution in [0.4, 0.5) is 0 Å². The second-order valence-corrected chi connectivity index (χ2v) is 5.15. The Bertz CT molecular complexity index is 738. The van der Waals surface area contributed by atoms with Crippen LogP contribution in [0.5, 0.6) is 5.75 Å². The Morgan fingerprint density at radius 2 is 1.90 bits per heavy atom. The molecule has 0 bridgehead atoms. The van der Waals surface area contributed by atoms with Crippen LogP contribution in [0.15, 0.2) is 59.1 Å². The van der Waals surface area contributed by atoms with Crippen molar-refractivity contribution in [2.45, 2.75) is 13.5 Å². The van der Waals surface area contributed by atoms with Crippen molar-refractivity contribution in [3.63, 3.8) is 0 Å². The summed E-state index contributed by atoms with van der Waals surface area (Å²) in [4.78, 5) is 0. The Hall–Kier alpha value is -2.26. The number of hydrogen-bond acceptors (Lipinski definition) is 3. The van der Waals surface area contributed by atoms with Gasteiger partial charge in [0.15, 0.2) is 0 Å². The second kappa shape index (κ2) is 6.02. The Kier molecular flexibility index (Phi) is 3.93. The molecule has 3 rings (SSSR count). The maximum absolute atomic E-state index is 6.29. The number of rotatable bonds is 4. The van der Waals surface area contributed by atoms with E-state index in [1.807, 2.05) is 55.5 Å². The number of benzene rings is 2. The van der Waals surface area contributed by atoms with E-state index in [2.05, 4.69) is 5.16 Å². The van der Waals surface area contributed by atoms with Gasteiger partial charge in [-0.15, -0.1) is 0 Å². The zero-order valence-corrected chi connectivity index (χ0v) is 12.3. The summed E-state index contributed by atoms with van der Waals surface area (Å²) in [6.07, 6.45) is 0. The molecule has 0 saturated carbocycles. The average molecular weight is 300 g/mol. The van der Waals surface area contributed by atoms with Crippen LogP contribution in [0, 0.1) is 6.92 Å². The molecule has 4 heteroatoms. The van der Waals surface area contributed by atoms with Crippen molar-refractivity contribution in [2.24, 2.45) is 0 Å². The third-order valence-electron chi connectivity index (χ3n) is 3.09. The standard InChI is InChI=1S/C17H14ClNO2/c1-12-9-17(19-21-12)15-8-7-14(10-16(15)18)20-11-13-5-3-2-4-6-13/h2-10H,11H2,1H3. The number of nitrogens with zero attached hydrogens (tertiary/aromatic N) is 1. The minimum atomic E-state index is 0.513. The quantitative estimate of drug-likeness (QED) is 0.688. The van der Waals surface area contributed by atoms with Gasteiger partial charge in [-0.2, -0.15) is 0 Å². The van der Waals surface area contributed by atoms with Crippen molar-refractivity contribution in [2.75, 3.05) is 0 Å². The zero-order chi connectivity index (χ0) is 14.7. The predicted molar refractivity (Wildman–Crippen MR) is 82.5 cm³/mol. The fraction of sp³-hybridized carbons (Fsp3) is 0.118.